The first kappa shape index (κ1) is 39.2. The van der Waals surface area contributed by atoms with Crippen LogP contribution in [0.4, 0.5) is 0 Å². The smallest absolute Gasteiger partial charge is 0.307 e. The third-order valence-corrected chi connectivity index (χ3v) is 14.2. The highest BCUT2D eigenvalue weighted by Crippen LogP contribution is 2.70. The minimum Gasteiger partial charge on any atom is -0.487 e. The van der Waals surface area contributed by atoms with Gasteiger partial charge in [-0.3, -0.25) is 15.0 Å². The lowest BCUT2D eigenvalue weighted by Gasteiger charge is -2.39. The maximum absolute atomic E-state index is 14.6. The molecule has 0 aliphatic rings. The van der Waals surface area contributed by atoms with Crippen molar-refractivity contribution in [3.8, 4) is 17.2 Å². The first-order valence-corrected chi connectivity index (χ1v) is 21.3. The largest absolute Gasteiger partial charge is 0.487 e. The van der Waals surface area contributed by atoms with Crippen LogP contribution in [0.15, 0.2) is 190 Å². The molecule has 0 atom stereocenters. The number of ether oxygens (including phenoxy) is 3. The molecule has 0 saturated carbocycles. The zero-order valence-electron chi connectivity index (χ0n) is 31.9. The summed E-state index contributed by atoms with van der Waals surface area (Å²) in [5.74, 6) is 1.78. The van der Waals surface area contributed by atoms with Gasteiger partial charge >= 0.3 is 10.1 Å². The topological polar surface area (TPSA) is 110 Å². The van der Waals surface area contributed by atoms with Crippen LogP contribution >= 0.6 is 10.3 Å². The number of aromatic nitrogens is 3. The van der Waals surface area contributed by atoms with Crippen LogP contribution in [0.5, 0.6) is 17.2 Å². The highest BCUT2D eigenvalue weighted by molar-refractivity contribution is 8.33. The average Bonchev–Trinajstić information content (AvgIpc) is 3.25. The van der Waals surface area contributed by atoms with Crippen molar-refractivity contribution in [2.75, 3.05) is 0 Å². The molecule has 4 aromatic carbocycles. The van der Waals surface area contributed by atoms with Crippen LogP contribution in [0, 0.1) is 0 Å². The van der Waals surface area contributed by atoms with E-state index in [0.717, 1.165) is 22.6 Å². The number of rotatable bonds is 15. The van der Waals surface area contributed by atoms with Crippen LogP contribution in [0.3, 0.4) is 0 Å². The molecule has 290 valence electrons. The minimum absolute atomic E-state index is 0.0494. The molecule has 0 amide bonds. The summed E-state index contributed by atoms with van der Waals surface area (Å²) < 4.78 is 54.2. The van der Waals surface area contributed by atoms with Crippen molar-refractivity contribution < 1.29 is 26.3 Å². The molecule has 3 aromatic heterocycles. The van der Waals surface area contributed by atoms with Crippen LogP contribution in [0.2, 0.25) is 0 Å². The maximum atomic E-state index is 14.6. The zero-order chi connectivity index (χ0) is 39.7. The van der Waals surface area contributed by atoms with Gasteiger partial charge in [0.05, 0.1) is 22.0 Å². The Morgan fingerprint density at radius 3 is 1.07 bits per heavy atom. The fourth-order valence-electron chi connectivity index (χ4n) is 5.93. The molecule has 57 heavy (non-hydrogen) atoms. The van der Waals surface area contributed by atoms with Gasteiger partial charge in [0.25, 0.3) is 0 Å². The monoisotopic (exact) mass is 797 g/mol. The molecule has 0 fully saturated rings. The lowest BCUT2D eigenvalue weighted by molar-refractivity contribution is 0.301. The molecule has 0 saturated heterocycles. The molecule has 0 aliphatic carbocycles. The van der Waals surface area contributed by atoms with E-state index in [2.05, 4.69) is 35.7 Å². The Bertz CT molecular complexity index is 2240. The Hall–Kier alpha value is -6.01. The van der Waals surface area contributed by atoms with Gasteiger partial charge in [-0.2, -0.15) is 8.42 Å². The number of pyridine rings is 3. The standard InChI is InChI=1S/C46H43N3O6S2/c1-46(2,3)35-13-21-45(22-14-35)57(50,51)55-56(42-23-15-39(16-24-42)52-32-36-10-4-7-29-47-36,43-25-17-40(18-26-43)53-33-37-11-5-8-30-48-37)44-27-19-41(20-28-44)54-34-38-12-6-9-31-49-38/h4-31H,32-34H2,1-3H3. The van der Waals surface area contributed by atoms with Crippen molar-refractivity contribution in [3.63, 3.8) is 0 Å². The molecule has 0 N–H and O–H groups in total. The van der Waals surface area contributed by atoms with Gasteiger partial charge < -0.3 is 14.2 Å². The second-order valence-electron chi connectivity index (χ2n) is 14.1. The van der Waals surface area contributed by atoms with Crippen LogP contribution in [0.25, 0.3) is 0 Å². The lowest BCUT2D eigenvalue weighted by atomic mass is 9.87. The van der Waals surface area contributed by atoms with Gasteiger partial charge in [-0.05, 0) is 143 Å². The fraction of sp³-hybridized carbons (Fsp3) is 0.152. The van der Waals surface area contributed by atoms with E-state index in [4.69, 9.17) is 17.8 Å². The summed E-state index contributed by atoms with van der Waals surface area (Å²) in [7, 11) is -7.40. The number of hydrogen-bond acceptors (Lipinski definition) is 9. The maximum Gasteiger partial charge on any atom is 0.307 e. The molecule has 7 aromatic rings. The Morgan fingerprint density at radius 2 is 0.772 bits per heavy atom. The molecule has 9 nitrogen and oxygen atoms in total. The molecule has 0 radical (unpaired) electrons. The number of nitrogens with zero attached hydrogens (tertiary/aromatic N) is 3. The molecule has 3 heterocycles. The van der Waals surface area contributed by atoms with Gasteiger partial charge in [0.15, 0.2) is 0 Å². The predicted octanol–water partition coefficient (Wildman–Crippen LogP) is 10.5. The minimum atomic E-state index is -4.38. The van der Waals surface area contributed by atoms with E-state index >= 15 is 0 Å². The second-order valence-corrected chi connectivity index (χ2v) is 18.5. The first-order valence-electron chi connectivity index (χ1n) is 18.4. The van der Waals surface area contributed by atoms with Gasteiger partial charge in [-0.15, -0.1) is 0 Å². The summed E-state index contributed by atoms with van der Waals surface area (Å²) in [6.07, 6.45) is 5.16. The van der Waals surface area contributed by atoms with Crippen molar-refractivity contribution in [1.82, 2.24) is 15.0 Å². The van der Waals surface area contributed by atoms with Crippen LogP contribution in [0.1, 0.15) is 43.4 Å². The van der Waals surface area contributed by atoms with E-state index < -0.39 is 20.4 Å². The Morgan fingerprint density at radius 1 is 0.439 bits per heavy atom. The molecule has 0 bridgehead atoms. The van der Waals surface area contributed by atoms with Gasteiger partial charge in [0, 0.05) is 33.3 Å². The second kappa shape index (κ2) is 17.4. The fourth-order valence-corrected chi connectivity index (χ4v) is 11.1. The van der Waals surface area contributed by atoms with Crippen molar-refractivity contribution in [2.24, 2.45) is 0 Å². The summed E-state index contributed by atoms with van der Waals surface area (Å²) in [5.41, 5.74) is 3.18. The Kier molecular flexibility index (Phi) is 12.0. The predicted molar refractivity (Wildman–Crippen MR) is 221 cm³/mol. The summed E-state index contributed by atoms with van der Waals surface area (Å²) in [5, 5.41) is 0. The van der Waals surface area contributed by atoms with Gasteiger partial charge in [0.2, 0.25) is 0 Å². The number of benzene rings is 4. The van der Waals surface area contributed by atoms with E-state index in [-0.39, 0.29) is 30.1 Å². The third-order valence-electron chi connectivity index (χ3n) is 9.01. The van der Waals surface area contributed by atoms with Crippen molar-refractivity contribution in [1.29, 1.82) is 0 Å². The molecular weight excluding hydrogens is 755 g/mol. The first-order chi connectivity index (χ1) is 27.6. The van der Waals surface area contributed by atoms with Gasteiger partial charge in [0.1, 0.15) is 37.1 Å². The normalized spacial score (nSPS) is 12.1. The van der Waals surface area contributed by atoms with Crippen LogP contribution < -0.4 is 14.2 Å². The van der Waals surface area contributed by atoms with Crippen LogP contribution in [-0.2, 0) is 39.0 Å². The van der Waals surface area contributed by atoms with E-state index in [1.807, 2.05) is 140 Å². The quantitative estimate of drug-likeness (QED) is 0.100. The Balaban J connectivity index is 1.31. The molecule has 0 spiro atoms. The van der Waals surface area contributed by atoms with Gasteiger partial charge in [-0.1, -0.05) is 51.1 Å². The van der Waals surface area contributed by atoms with Crippen LogP contribution in [-0.4, -0.2) is 23.4 Å². The third kappa shape index (κ3) is 9.69. The summed E-state index contributed by atoms with van der Waals surface area (Å²) in [6.45, 7) is 7.06. The number of hydrogen-bond donors (Lipinski definition) is 0. The van der Waals surface area contributed by atoms with Crippen molar-refractivity contribution in [3.05, 3.63) is 193 Å². The highest BCUT2D eigenvalue weighted by Gasteiger charge is 2.39. The highest BCUT2D eigenvalue weighted by atomic mass is 32.3. The van der Waals surface area contributed by atoms with E-state index in [0.29, 0.717) is 31.9 Å². The summed E-state index contributed by atoms with van der Waals surface area (Å²) in [4.78, 5) is 15.0. The lowest BCUT2D eigenvalue weighted by Crippen LogP contribution is -2.15. The molecule has 0 aliphatic heterocycles. The van der Waals surface area contributed by atoms with E-state index in [9.17, 15) is 8.42 Å². The van der Waals surface area contributed by atoms with E-state index in [1.54, 1.807) is 30.7 Å². The molecular formula is C46H43N3O6S2. The summed E-state index contributed by atoms with van der Waals surface area (Å²) in [6, 6.07) is 45.9. The average molecular weight is 798 g/mol. The van der Waals surface area contributed by atoms with Crippen molar-refractivity contribution >= 4 is 20.4 Å². The SMILES string of the molecule is CC(C)(C)c1ccc(S(=O)(=O)OS(c2ccc(OCc3ccccn3)cc2)(c2ccc(OCc3ccccn3)cc2)c2ccc(OCc3ccccn3)cc2)cc1. The zero-order valence-corrected chi connectivity index (χ0v) is 33.5. The molecule has 11 heteroatoms. The van der Waals surface area contributed by atoms with Crippen molar-refractivity contribution in [2.45, 2.75) is 65.6 Å². The summed E-state index contributed by atoms with van der Waals surface area (Å²) >= 11 is 0. The van der Waals surface area contributed by atoms with E-state index in [1.165, 1.54) is 0 Å². The molecule has 0 unspecified atom stereocenters. The Labute approximate surface area is 336 Å². The molecule has 7 rings (SSSR count). The van der Waals surface area contributed by atoms with Gasteiger partial charge in [-0.25, -0.2) is 3.63 Å².